The monoisotopic (exact) mass is 448 g/mol. The molecule has 0 aliphatic carbocycles. The first-order valence-electron chi connectivity index (χ1n) is 11.2. The number of carbonyl (C=O) groups is 1. The van der Waals surface area contributed by atoms with Gasteiger partial charge in [0.15, 0.2) is 0 Å². The van der Waals surface area contributed by atoms with E-state index in [0.29, 0.717) is 17.0 Å². The highest BCUT2D eigenvalue weighted by Crippen LogP contribution is 2.30. The van der Waals surface area contributed by atoms with Gasteiger partial charge >= 0.3 is 0 Å². The SMILES string of the molecule is COc1ccccc1CN1CCC(N(C(=O)c2ccccc2OC)c2ccc(F)cc2)CC1. The molecule has 0 atom stereocenters. The van der Waals surface area contributed by atoms with Crippen LogP contribution >= 0.6 is 0 Å². The van der Waals surface area contributed by atoms with Gasteiger partial charge in [-0.15, -0.1) is 0 Å². The molecule has 5 nitrogen and oxygen atoms in total. The van der Waals surface area contributed by atoms with Gasteiger partial charge in [0.2, 0.25) is 0 Å². The van der Waals surface area contributed by atoms with Crippen molar-refractivity contribution in [3.63, 3.8) is 0 Å². The fourth-order valence-electron chi connectivity index (χ4n) is 4.46. The lowest BCUT2D eigenvalue weighted by Crippen LogP contribution is -2.47. The molecule has 33 heavy (non-hydrogen) atoms. The van der Waals surface area contributed by atoms with Crippen LogP contribution in [0, 0.1) is 5.82 Å². The van der Waals surface area contributed by atoms with E-state index >= 15 is 0 Å². The number of anilines is 1. The molecule has 0 unspecified atom stereocenters. The Morgan fingerprint density at radius 1 is 0.909 bits per heavy atom. The summed E-state index contributed by atoms with van der Waals surface area (Å²) in [4.78, 5) is 17.9. The zero-order chi connectivity index (χ0) is 23.2. The summed E-state index contributed by atoms with van der Waals surface area (Å²) < 4.78 is 24.5. The molecule has 1 fully saturated rings. The standard InChI is InChI=1S/C27H29FN2O3/c1-32-25-9-5-3-7-20(25)19-29-17-15-23(16-18-29)30(22-13-11-21(28)12-14-22)27(31)24-8-4-6-10-26(24)33-2/h3-14,23H,15-19H2,1-2H3. The number of hydrogen-bond donors (Lipinski definition) is 0. The molecular formula is C27H29FN2O3. The minimum Gasteiger partial charge on any atom is -0.496 e. The number of benzene rings is 3. The normalized spacial score (nSPS) is 14.6. The number of likely N-dealkylation sites (tertiary alicyclic amines) is 1. The summed E-state index contributed by atoms with van der Waals surface area (Å²) in [5, 5.41) is 0. The summed E-state index contributed by atoms with van der Waals surface area (Å²) >= 11 is 0. The van der Waals surface area contributed by atoms with Gasteiger partial charge in [-0.3, -0.25) is 9.69 Å². The molecule has 1 saturated heterocycles. The molecule has 0 spiro atoms. The van der Waals surface area contributed by atoms with Crippen molar-refractivity contribution < 1.29 is 18.7 Å². The van der Waals surface area contributed by atoms with Crippen LogP contribution in [0.15, 0.2) is 72.8 Å². The second-order valence-electron chi connectivity index (χ2n) is 8.17. The van der Waals surface area contributed by atoms with E-state index in [2.05, 4.69) is 11.0 Å². The van der Waals surface area contributed by atoms with Crippen LogP contribution in [0.4, 0.5) is 10.1 Å². The van der Waals surface area contributed by atoms with Gasteiger partial charge < -0.3 is 14.4 Å². The van der Waals surface area contributed by atoms with Crippen molar-refractivity contribution in [2.75, 3.05) is 32.2 Å². The number of halogens is 1. The average molecular weight is 449 g/mol. The Bertz CT molecular complexity index is 1080. The van der Waals surface area contributed by atoms with E-state index in [4.69, 9.17) is 9.47 Å². The van der Waals surface area contributed by atoms with Gasteiger partial charge in [-0.1, -0.05) is 30.3 Å². The minimum atomic E-state index is -0.324. The second-order valence-corrected chi connectivity index (χ2v) is 8.17. The third-order valence-electron chi connectivity index (χ3n) is 6.17. The maximum absolute atomic E-state index is 13.7. The molecular weight excluding hydrogens is 419 g/mol. The number of methoxy groups -OCH3 is 2. The van der Waals surface area contributed by atoms with Crippen LogP contribution in [-0.4, -0.2) is 44.2 Å². The van der Waals surface area contributed by atoms with Crippen molar-refractivity contribution in [2.24, 2.45) is 0 Å². The molecule has 4 rings (SSSR count). The third kappa shape index (κ3) is 5.17. The molecule has 1 amide bonds. The molecule has 3 aromatic carbocycles. The summed E-state index contributed by atoms with van der Waals surface area (Å²) in [5.74, 6) is 0.958. The van der Waals surface area contributed by atoms with Crippen LogP contribution in [0.1, 0.15) is 28.8 Å². The number of carbonyl (C=O) groups excluding carboxylic acids is 1. The topological polar surface area (TPSA) is 42.0 Å². The van der Waals surface area contributed by atoms with E-state index in [1.807, 2.05) is 30.3 Å². The number of para-hydroxylation sites is 2. The molecule has 0 saturated carbocycles. The minimum absolute atomic E-state index is 0.00166. The lowest BCUT2D eigenvalue weighted by Gasteiger charge is -2.39. The zero-order valence-electron chi connectivity index (χ0n) is 19.0. The van der Waals surface area contributed by atoms with Gasteiger partial charge in [-0.2, -0.15) is 0 Å². The Hall–Kier alpha value is -3.38. The fraction of sp³-hybridized carbons (Fsp3) is 0.296. The lowest BCUT2D eigenvalue weighted by atomic mass is 9.99. The Balaban J connectivity index is 1.54. The highest BCUT2D eigenvalue weighted by molar-refractivity contribution is 6.08. The first-order chi connectivity index (χ1) is 16.1. The van der Waals surface area contributed by atoms with E-state index in [1.165, 1.54) is 12.1 Å². The Labute approximate surface area is 194 Å². The molecule has 1 aliphatic heterocycles. The van der Waals surface area contributed by atoms with Gasteiger partial charge in [0.1, 0.15) is 17.3 Å². The summed E-state index contributed by atoms with van der Waals surface area (Å²) in [6.07, 6.45) is 1.63. The molecule has 172 valence electrons. The summed E-state index contributed by atoms with van der Waals surface area (Å²) in [6, 6.07) is 21.4. The highest BCUT2D eigenvalue weighted by Gasteiger charge is 2.31. The van der Waals surface area contributed by atoms with Crippen LogP contribution in [0.25, 0.3) is 0 Å². The zero-order valence-corrected chi connectivity index (χ0v) is 19.0. The number of ether oxygens (including phenoxy) is 2. The number of piperidine rings is 1. The first-order valence-corrected chi connectivity index (χ1v) is 11.2. The number of nitrogens with zero attached hydrogens (tertiary/aromatic N) is 2. The molecule has 0 N–H and O–H groups in total. The second kappa shape index (κ2) is 10.5. The Morgan fingerprint density at radius 3 is 2.18 bits per heavy atom. The number of hydrogen-bond acceptors (Lipinski definition) is 4. The molecule has 0 radical (unpaired) electrons. The van der Waals surface area contributed by atoms with Crippen molar-refractivity contribution in [3.8, 4) is 11.5 Å². The van der Waals surface area contributed by atoms with Crippen molar-refractivity contribution in [2.45, 2.75) is 25.4 Å². The van der Waals surface area contributed by atoms with Crippen LogP contribution in [0.2, 0.25) is 0 Å². The highest BCUT2D eigenvalue weighted by atomic mass is 19.1. The van der Waals surface area contributed by atoms with E-state index < -0.39 is 0 Å². The van der Waals surface area contributed by atoms with Crippen LogP contribution < -0.4 is 14.4 Å². The van der Waals surface area contributed by atoms with Gasteiger partial charge in [-0.05, 0) is 55.3 Å². The average Bonchev–Trinajstić information content (AvgIpc) is 2.86. The molecule has 3 aromatic rings. The van der Waals surface area contributed by atoms with Gasteiger partial charge in [0.05, 0.1) is 19.8 Å². The predicted octanol–water partition coefficient (Wildman–Crippen LogP) is 5.15. The van der Waals surface area contributed by atoms with Gasteiger partial charge in [0, 0.05) is 36.9 Å². The predicted molar refractivity (Wildman–Crippen MR) is 127 cm³/mol. The number of rotatable bonds is 7. The van der Waals surface area contributed by atoms with Crippen molar-refractivity contribution in [3.05, 3.63) is 89.7 Å². The van der Waals surface area contributed by atoms with E-state index in [-0.39, 0.29) is 17.8 Å². The Kier molecular flexibility index (Phi) is 7.25. The van der Waals surface area contributed by atoms with Gasteiger partial charge in [-0.25, -0.2) is 4.39 Å². The van der Waals surface area contributed by atoms with Crippen LogP contribution in [0.5, 0.6) is 11.5 Å². The fourth-order valence-corrected chi connectivity index (χ4v) is 4.46. The molecule has 1 heterocycles. The first kappa shape index (κ1) is 22.8. The molecule has 0 bridgehead atoms. The van der Waals surface area contributed by atoms with E-state index in [1.54, 1.807) is 43.4 Å². The lowest BCUT2D eigenvalue weighted by molar-refractivity contribution is 0.0955. The molecule has 0 aromatic heterocycles. The quantitative estimate of drug-likeness (QED) is 0.501. The largest absolute Gasteiger partial charge is 0.496 e. The van der Waals surface area contributed by atoms with Gasteiger partial charge in [0.25, 0.3) is 5.91 Å². The van der Waals surface area contributed by atoms with E-state index in [0.717, 1.165) is 43.8 Å². The number of amides is 1. The Morgan fingerprint density at radius 2 is 1.52 bits per heavy atom. The summed E-state index contributed by atoms with van der Waals surface area (Å²) in [7, 11) is 3.25. The van der Waals surface area contributed by atoms with Crippen molar-refractivity contribution in [1.29, 1.82) is 0 Å². The van der Waals surface area contributed by atoms with Crippen LogP contribution in [0.3, 0.4) is 0 Å². The maximum atomic E-state index is 13.7. The summed E-state index contributed by atoms with van der Waals surface area (Å²) in [6.45, 7) is 2.49. The molecule has 6 heteroatoms. The van der Waals surface area contributed by atoms with Crippen molar-refractivity contribution >= 4 is 11.6 Å². The maximum Gasteiger partial charge on any atom is 0.262 e. The molecule has 1 aliphatic rings. The van der Waals surface area contributed by atoms with Crippen molar-refractivity contribution in [1.82, 2.24) is 4.90 Å². The van der Waals surface area contributed by atoms with E-state index in [9.17, 15) is 9.18 Å². The summed E-state index contributed by atoms with van der Waals surface area (Å²) in [5.41, 5.74) is 2.34. The smallest absolute Gasteiger partial charge is 0.262 e. The van der Waals surface area contributed by atoms with Crippen LogP contribution in [-0.2, 0) is 6.54 Å². The third-order valence-corrected chi connectivity index (χ3v) is 6.17.